The van der Waals surface area contributed by atoms with Crippen LogP contribution < -0.4 is 5.84 Å². The van der Waals surface area contributed by atoms with Gasteiger partial charge in [0.05, 0.1) is 15.6 Å². The van der Waals surface area contributed by atoms with Crippen molar-refractivity contribution < 1.29 is 4.92 Å². The lowest BCUT2D eigenvalue weighted by Gasteiger charge is -1.97. The van der Waals surface area contributed by atoms with Gasteiger partial charge in [0.25, 0.3) is 5.69 Å². The molecule has 0 radical (unpaired) electrons. The number of nitrogens with zero attached hydrogens (tertiary/aromatic N) is 3. The molecule has 0 fully saturated rings. The normalized spacial score (nSPS) is 10.3. The standard InChI is InChI=1S/C9H7BrN4O2/c10-8-5-13(11)12-9(8)6-2-1-3-7(4-6)14(15)16/h1-5H,11H2. The van der Waals surface area contributed by atoms with Crippen LogP contribution in [0.15, 0.2) is 34.9 Å². The maximum atomic E-state index is 10.6. The largest absolute Gasteiger partial charge is 0.323 e. The molecule has 2 aromatic rings. The smallest absolute Gasteiger partial charge is 0.270 e. The molecule has 2 rings (SSSR count). The Labute approximate surface area is 98.9 Å². The first-order chi connectivity index (χ1) is 7.58. The van der Waals surface area contributed by atoms with Crippen LogP contribution in [-0.2, 0) is 0 Å². The SMILES string of the molecule is Nn1cc(Br)c(-c2cccc([N+](=O)[O-])c2)n1. The predicted molar refractivity (Wildman–Crippen MR) is 62.2 cm³/mol. The first-order valence-corrected chi connectivity index (χ1v) is 5.12. The number of nitrogen functional groups attached to an aromatic ring is 1. The van der Waals surface area contributed by atoms with Gasteiger partial charge in [-0.2, -0.15) is 9.89 Å². The Morgan fingerprint density at radius 2 is 2.25 bits per heavy atom. The Morgan fingerprint density at radius 3 is 2.81 bits per heavy atom. The highest BCUT2D eigenvalue weighted by atomic mass is 79.9. The van der Waals surface area contributed by atoms with Crippen molar-refractivity contribution in [2.75, 3.05) is 5.84 Å². The van der Waals surface area contributed by atoms with Gasteiger partial charge in [0.15, 0.2) is 0 Å². The molecule has 0 saturated heterocycles. The van der Waals surface area contributed by atoms with Crippen LogP contribution in [-0.4, -0.2) is 14.8 Å². The topological polar surface area (TPSA) is 87.0 Å². The van der Waals surface area contributed by atoms with E-state index in [9.17, 15) is 10.1 Å². The fourth-order valence-electron chi connectivity index (χ4n) is 1.33. The van der Waals surface area contributed by atoms with Crippen LogP contribution in [0, 0.1) is 10.1 Å². The van der Waals surface area contributed by atoms with Crippen molar-refractivity contribution in [3.63, 3.8) is 0 Å². The average Bonchev–Trinajstić information content (AvgIpc) is 2.58. The average molecular weight is 283 g/mol. The molecule has 0 spiro atoms. The summed E-state index contributed by atoms with van der Waals surface area (Å²) in [6.07, 6.45) is 1.58. The molecule has 2 N–H and O–H groups in total. The molecule has 0 saturated carbocycles. The molecule has 0 aliphatic carbocycles. The zero-order chi connectivity index (χ0) is 11.7. The van der Waals surface area contributed by atoms with Gasteiger partial charge in [0, 0.05) is 17.7 Å². The van der Waals surface area contributed by atoms with E-state index in [2.05, 4.69) is 21.0 Å². The summed E-state index contributed by atoms with van der Waals surface area (Å²) < 4.78 is 0.690. The first kappa shape index (κ1) is 10.6. The van der Waals surface area contributed by atoms with E-state index in [0.29, 0.717) is 15.7 Å². The summed E-state index contributed by atoms with van der Waals surface area (Å²) in [6, 6.07) is 6.22. The number of halogens is 1. The molecule has 0 amide bonds. The van der Waals surface area contributed by atoms with Crippen LogP contribution in [0.4, 0.5) is 5.69 Å². The van der Waals surface area contributed by atoms with Gasteiger partial charge >= 0.3 is 0 Å². The first-order valence-electron chi connectivity index (χ1n) is 4.33. The molecule has 0 aliphatic rings. The van der Waals surface area contributed by atoms with E-state index in [0.717, 1.165) is 4.79 Å². The molecule has 16 heavy (non-hydrogen) atoms. The van der Waals surface area contributed by atoms with E-state index in [-0.39, 0.29) is 5.69 Å². The second-order valence-electron chi connectivity index (χ2n) is 3.11. The van der Waals surface area contributed by atoms with Gasteiger partial charge in [-0.3, -0.25) is 10.1 Å². The lowest BCUT2D eigenvalue weighted by molar-refractivity contribution is -0.384. The molecule has 82 valence electrons. The number of nitro groups is 1. The van der Waals surface area contributed by atoms with Gasteiger partial charge in [-0.05, 0) is 15.9 Å². The number of benzene rings is 1. The quantitative estimate of drug-likeness (QED) is 0.518. The van der Waals surface area contributed by atoms with Crippen molar-refractivity contribution in [1.82, 2.24) is 9.89 Å². The van der Waals surface area contributed by atoms with Gasteiger partial charge in [-0.25, -0.2) is 0 Å². The summed E-state index contributed by atoms with van der Waals surface area (Å²) in [6.45, 7) is 0. The van der Waals surface area contributed by atoms with Gasteiger partial charge in [0.1, 0.15) is 5.69 Å². The fraction of sp³-hybridized carbons (Fsp3) is 0. The minimum atomic E-state index is -0.448. The Kier molecular flexibility index (Phi) is 2.61. The number of nitro benzene ring substituents is 1. The summed E-state index contributed by atoms with van der Waals surface area (Å²) in [5.74, 6) is 5.46. The van der Waals surface area contributed by atoms with Gasteiger partial charge in [-0.1, -0.05) is 12.1 Å². The molecule has 1 aromatic carbocycles. The maximum Gasteiger partial charge on any atom is 0.270 e. The number of nitrogens with two attached hydrogens (primary N) is 1. The van der Waals surface area contributed by atoms with E-state index in [4.69, 9.17) is 5.84 Å². The summed E-state index contributed by atoms with van der Waals surface area (Å²) in [7, 11) is 0. The Bertz CT molecular complexity index is 552. The van der Waals surface area contributed by atoms with Crippen LogP contribution >= 0.6 is 15.9 Å². The van der Waals surface area contributed by atoms with Gasteiger partial charge in [-0.15, -0.1) is 0 Å². The number of aromatic nitrogens is 2. The molecule has 0 unspecified atom stereocenters. The van der Waals surface area contributed by atoms with Crippen LogP contribution in [0.1, 0.15) is 0 Å². The molecule has 7 heteroatoms. The van der Waals surface area contributed by atoms with Crippen LogP contribution in [0.3, 0.4) is 0 Å². The highest BCUT2D eigenvalue weighted by molar-refractivity contribution is 9.10. The third-order valence-electron chi connectivity index (χ3n) is 2.02. The van der Waals surface area contributed by atoms with E-state index in [1.165, 1.54) is 12.1 Å². The molecule has 0 aliphatic heterocycles. The van der Waals surface area contributed by atoms with Crippen molar-refractivity contribution in [2.45, 2.75) is 0 Å². The fourth-order valence-corrected chi connectivity index (χ4v) is 1.85. The summed E-state index contributed by atoms with van der Waals surface area (Å²) in [5.41, 5.74) is 1.24. The predicted octanol–water partition coefficient (Wildman–Crippen LogP) is 1.93. The Hall–Kier alpha value is -1.89. The van der Waals surface area contributed by atoms with Crippen molar-refractivity contribution in [3.8, 4) is 11.3 Å². The van der Waals surface area contributed by atoms with Gasteiger partial charge in [0.2, 0.25) is 0 Å². The zero-order valence-electron chi connectivity index (χ0n) is 8.00. The van der Waals surface area contributed by atoms with Crippen LogP contribution in [0.25, 0.3) is 11.3 Å². The van der Waals surface area contributed by atoms with E-state index in [1.807, 2.05) is 0 Å². The van der Waals surface area contributed by atoms with Crippen LogP contribution in [0.5, 0.6) is 0 Å². The zero-order valence-corrected chi connectivity index (χ0v) is 9.59. The number of rotatable bonds is 2. The molecule has 6 nitrogen and oxygen atoms in total. The lowest BCUT2D eigenvalue weighted by Crippen LogP contribution is -2.07. The molecule has 0 atom stereocenters. The summed E-state index contributed by atoms with van der Waals surface area (Å²) >= 11 is 3.28. The minimum absolute atomic E-state index is 0.0240. The molecule has 0 bridgehead atoms. The lowest BCUT2D eigenvalue weighted by atomic mass is 10.1. The minimum Gasteiger partial charge on any atom is -0.323 e. The number of hydrogen-bond donors (Lipinski definition) is 1. The Morgan fingerprint density at radius 1 is 1.50 bits per heavy atom. The maximum absolute atomic E-state index is 10.6. The van der Waals surface area contributed by atoms with Crippen molar-refractivity contribution in [3.05, 3.63) is 45.0 Å². The second-order valence-corrected chi connectivity index (χ2v) is 3.97. The van der Waals surface area contributed by atoms with Crippen molar-refractivity contribution in [2.24, 2.45) is 0 Å². The van der Waals surface area contributed by atoms with Gasteiger partial charge < -0.3 is 5.84 Å². The Balaban J connectivity index is 2.52. The third-order valence-corrected chi connectivity index (χ3v) is 2.60. The van der Waals surface area contributed by atoms with E-state index in [1.54, 1.807) is 18.3 Å². The molecular weight excluding hydrogens is 276 g/mol. The monoisotopic (exact) mass is 282 g/mol. The highest BCUT2D eigenvalue weighted by Gasteiger charge is 2.12. The van der Waals surface area contributed by atoms with E-state index >= 15 is 0 Å². The highest BCUT2D eigenvalue weighted by Crippen LogP contribution is 2.28. The molecule has 1 aromatic heterocycles. The van der Waals surface area contributed by atoms with Crippen molar-refractivity contribution >= 4 is 21.6 Å². The third kappa shape index (κ3) is 1.89. The number of hydrogen-bond acceptors (Lipinski definition) is 4. The van der Waals surface area contributed by atoms with Crippen molar-refractivity contribution in [1.29, 1.82) is 0 Å². The molecular formula is C9H7BrN4O2. The van der Waals surface area contributed by atoms with Crippen LogP contribution in [0.2, 0.25) is 0 Å². The molecule has 1 heterocycles. The summed E-state index contributed by atoms with van der Waals surface area (Å²) in [4.78, 5) is 11.3. The second kappa shape index (κ2) is 3.93. The summed E-state index contributed by atoms with van der Waals surface area (Å²) in [5, 5.41) is 14.6. The van der Waals surface area contributed by atoms with E-state index < -0.39 is 4.92 Å². The number of non-ortho nitro benzene ring substituents is 1.